The van der Waals surface area contributed by atoms with E-state index in [4.69, 9.17) is 9.26 Å². The van der Waals surface area contributed by atoms with Gasteiger partial charge in [0, 0.05) is 45.3 Å². The largest absolute Gasteiger partial charge is 0.373 e. The van der Waals surface area contributed by atoms with E-state index < -0.39 is 10.2 Å². The number of aromatic nitrogens is 1. The maximum Gasteiger partial charge on any atom is 0.282 e. The lowest BCUT2D eigenvalue weighted by Gasteiger charge is -2.41. The topological polar surface area (TPSA) is 108 Å². The Bertz CT molecular complexity index is 795. The van der Waals surface area contributed by atoms with E-state index in [2.05, 4.69) is 10.5 Å². The summed E-state index contributed by atoms with van der Waals surface area (Å²) in [5.74, 6) is 0.856. The number of hydrogen-bond donors (Lipinski definition) is 1. The van der Waals surface area contributed by atoms with Gasteiger partial charge < -0.3 is 14.6 Å². The predicted molar refractivity (Wildman–Crippen MR) is 108 cm³/mol. The van der Waals surface area contributed by atoms with Crippen LogP contribution in [0.3, 0.4) is 0 Å². The molecular formula is C18H31N5O5S. The van der Waals surface area contributed by atoms with E-state index in [1.54, 1.807) is 13.0 Å². The highest BCUT2D eigenvalue weighted by molar-refractivity contribution is 7.86. The molecule has 1 amide bonds. The van der Waals surface area contributed by atoms with Crippen LogP contribution in [0.2, 0.25) is 0 Å². The van der Waals surface area contributed by atoms with Gasteiger partial charge in [-0.25, -0.2) is 0 Å². The molecule has 2 saturated heterocycles. The molecule has 0 aliphatic carbocycles. The number of piperazine rings is 1. The van der Waals surface area contributed by atoms with Crippen molar-refractivity contribution >= 4 is 21.9 Å². The lowest BCUT2D eigenvalue weighted by Crippen LogP contribution is -2.59. The van der Waals surface area contributed by atoms with Gasteiger partial charge in [0.05, 0.1) is 18.2 Å². The Morgan fingerprint density at radius 2 is 1.83 bits per heavy atom. The highest BCUT2D eigenvalue weighted by Gasteiger charge is 2.38. The normalized spacial score (nSPS) is 26.3. The van der Waals surface area contributed by atoms with E-state index >= 15 is 0 Å². The fraction of sp³-hybridized carbons (Fsp3) is 0.778. The smallest absolute Gasteiger partial charge is 0.282 e. The van der Waals surface area contributed by atoms with Gasteiger partial charge in [-0.15, -0.1) is 0 Å². The quantitative estimate of drug-likeness (QED) is 0.708. The SMILES string of the molecule is CCC(C(=O)Nc1cc(C)on1)N1CCN(S(=O)(=O)N2CC(C)OC(C)C2)CC1. The van der Waals surface area contributed by atoms with Gasteiger partial charge in [-0.05, 0) is 27.2 Å². The number of nitrogens with one attached hydrogen (secondary N) is 1. The van der Waals surface area contributed by atoms with Crippen molar-refractivity contribution in [2.45, 2.75) is 52.4 Å². The standard InChI is InChI=1S/C18H31N5O5S/c1-5-16(18(24)19-17-10-13(2)28-20-17)21-6-8-22(9-7-21)29(25,26)23-11-14(3)27-15(4)12-23/h10,14-16H,5-9,11-12H2,1-4H3,(H,19,20,24). The van der Waals surface area contributed by atoms with Crippen LogP contribution in [0.25, 0.3) is 0 Å². The molecule has 0 bridgehead atoms. The maximum absolute atomic E-state index is 13.0. The molecule has 0 aromatic carbocycles. The first-order chi connectivity index (χ1) is 13.7. The molecule has 1 N–H and O–H groups in total. The molecular weight excluding hydrogens is 398 g/mol. The van der Waals surface area contributed by atoms with E-state index in [0.29, 0.717) is 57.3 Å². The minimum absolute atomic E-state index is 0.122. The predicted octanol–water partition coefficient (Wildman–Crippen LogP) is 0.672. The number of hydrogen-bond acceptors (Lipinski definition) is 7. The molecule has 3 heterocycles. The molecule has 3 rings (SSSR count). The first-order valence-electron chi connectivity index (χ1n) is 10.1. The molecule has 2 aliphatic rings. The molecule has 164 valence electrons. The first kappa shape index (κ1) is 22.2. The van der Waals surface area contributed by atoms with Gasteiger partial charge in [0.1, 0.15) is 5.76 Å². The third kappa shape index (κ3) is 5.15. The van der Waals surface area contributed by atoms with Gasteiger partial charge >= 0.3 is 0 Å². The molecule has 1 aromatic heterocycles. The Morgan fingerprint density at radius 3 is 2.34 bits per heavy atom. The lowest BCUT2D eigenvalue weighted by atomic mass is 10.1. The van der Waals surface area contributed by atoms with Crippen molar-refractivity contribution in [2.24, 2.45) is 0 Å². The molecule has 3 unspecified atom stereocenters. The number of aryl methyl sites for hydroxylation is 1. The summed E-state index contributed by atoms with van der Waals surface area (Å²) in [6.07, 6.45) is 0.375. The van der Waals surface area contributed by atoms with Gasteiger partial charge in [0.2, 0.25) is 5.91 Å². The van der Waals surface area contributed by atoms with E-state index in [1.165, 1.54) is 8.61 Å². The average Bonchev–Trinajstić information content (AvgIpc) is 3.06. The summed E-state index contributed by atoms with van der Waals surface area (Å²) < 4.78 is 39.7. The van der Waals surface area contributed by atoms with Crippen molar-refractivity contribution in [1.29, 1.82) is 0 Å². The average molecular weight is 430 g/mol. The molecule has 2 aliphatic heterocycles. The van der Waals surface area contributed by atoms with Gasteiger partial charge in [-0.1, -0.05) is 12.1 Å². The minimum atomic E-state index is -3.54. The molecule has 2 fully saturated rings. The zero-order valence-corrected chi connectivity index (χ0v) is 18.3. The van der Waals surface area contributed by atoms with Gasteiger partial charge in [0.25, 0.3) is 10.2 Å². The fourth-order valence-electron chi connectivity index (χ4n) is 3.97. The van der Waals surface area contributed by atoms with Crippen molar-refractivity contribution in [1.82, 2.24) is 18.7 Å². The van der Waals surface area contributed by atoms with Crippen LogP contribution >= 0.6 is 0 Å². The maximum atomic E-state index is 13.0. The lowest BCUT2D eigenvalue weighted by molar-refractivity contribution is -0.122. The molecule has 0 radical (unpaired) electrons. The summed E-state index contributed by atoms with van der Waals surface area (Å²) >= 11 is 0. The zero-order valence-electron chi connectivity index (χ0n) is 17.5. The summed E-state index contributed by atoms with van der Waals surface area (Å²) in [6, 6.07) is 1.32. The van der Waals surface area contributed by atoms with Crippen LogP contribution in [-0.4, -0.2) is 90.5 Å². The Labute approximate surface area is 172 Å². The fourth-order valence-corrected chi connectivity index (χ4v) is 5.72. The number of ether oxygens (including phenoxy) is 1. The minimum Gasteiger partial charge on any atom is -0.373 e. The Morgan fingerprint density at radius 1 is 1.21 bits per heavy atom. The number of anilines is 1. The second kappa shape index (κ2) is 9.09. The van der Waals surface area contributed by atoms with Crippen molar-refractivity contribution in [3.8, 4) is 0 Å². The number of nitrogens with zero attached hydrogens (tertiary/aromatic N) is 4. The third-order valence-corrected chi connectivity index (χ3v) is 7.29. The van der Waals surface area contributed by atoms with Crippen LogP contribution < -0.4 is 5.32 Å². The second-order valence-corrected chi connectivity index (χ2v) is 9.68. The number of rotatable bonds is 6. The summed E-state index contributed by atoms with van der Waals surface area (Å²) in [5.41, 5.74) is 0. The Balaban J connectivity index is 1.59. The van der Waals surface area contributed by atoms with Crippen LogP contribution in [-0.2, 0) is 19.7 Å². The van der Waals surface area contributed by atoms with E-state index in [9.17, 15) is 13.2 Å². The van der Waals surface area contributed by atoms with Crippen LogP contribution in [0.5, 0.6) is 0 Å². The summed E-state index contributed by atoms with van der Waals surface area (Å²) in [4.78, 5) is 14.7. The molecule has 0 spiro atoms. The van der Waals surface area contributed by atoms with Crippen LogP contribution in [0.4, 0.5) is 5.82 Å². The monoisotopic (exact) mass is 429 g/mol. The Kier molecular flexibility index (Phi) is 6.94. The summed E-state index contributed by atoms with van der Waals surface area (Å²) in [7, 11) is -3.54. The van der Waals surface area contributed by atoms with Crippen LogP contribution in [0, 0.1) is 6.92 Å². The molecule has 3 atom stereocenters. The van der Waals surface area contributed by atoms with Gasteiger partial charge in [0.15, 0.2) is 5.82 Å². The Hall–Kier alpha value is -1.53. The van der Waals surface area contributed by atoms with Crippen molar-refractivity contribution in [3.05, 3.63) is 11.8 Å². The number of amides is 1. The molecule has 0 saturated carbocycles. The van der Waals surface area contributed by atoms with Crippen molar-refractivity contribution < 1.29 is 22.5 Å². The zero-order chi connectivity index (χ0) is 21.2. The van der Waals surface area contributed by atoms with Gasteiger partial charge in [-0.3, -0.25) is 9.69 Å². The number of morpholine rings is 1. The molecule has 29 heavy (non-hydrogen) atoms. The molecule has 11 heteroatoms. The first-order valence-corrected chi connectivity index (χ1v) is 11.5. The van der Waals surface area contributed by atoms with E-state index in [-0.39, 0.29) is 24.2 Å². The summed E-state index contributed by atoms with van der Waals surface area (Å²) in [6.45, 7) is 9.91. The van der Waals surface area contributed by atoms with E-state index in [1.807, 2.05) is 25.7 Å². The van der Waals surface area contributed by atoms with Crippen molar-refractivity contribution in [3.63, 3.8) is 0 Å². The number of carbonyl (C=O) groups excluding carboxylic acids is 1. The van der Waals surface area contributed by atoms with Crippen LogP contribution in [0.15, 0.2) is 10.6 Å². The third-order valence-electron chi connectivity index (χ3n) is 5.32. The molecule has 10 nitrogen and oxygen atoms in total. The molecule has 1 aromatic rings. The van der Waals surface area contributed by atoms with Crippen molar-refractivity contribution in [2.75, 3.05) is 44.6 Å². The van der Waals surface area contributed by atoms with E-state index in [0.717, 1.165) is 0 Å². The highest BCUT2D eigenvalue weighted by Crippen LogP contribution is 2.20. The second-order valence-electron chi connectivity index (χ2n) is 7.75. The van der Waals surface area contributed by atoms with Crippen LogP contribution in [0.1, 0.15) is 33.0 Å². The highest BCUT2D eigenvalue weighted by atomic mass is 32.2. The number of carbonyl (C=O) groups is 1. The van der Waals surface area contributed by atoms with Gasteiger partial charge in [-0.2, -0.15) is 17.0 Å². The summed E-state index contributed by atoms with van der Waals surface area (Å²) in [5, 5.41) is 6.57.